The maximum absolute atomic E-state index is 12.5. The van der Waals surface area contributed by atoms with Gasteiger partial charge in [-0.05, 0) is 44.2 Å². The molecular formula is C14H26N2O2S2. The van der Waals surface area contributed by atoms with Crippen LogP contribution in [-0.4, -0.2) is 20.5 Å². The highest BCUT2D eigenvalue weighted by molar-refractivity contribution is 7.89. The molecule has 0 saturated carbocycles. The molecule has 0 amide bonds. The van der Waals surface area contributed by atoms with Gasteiger partial charge in [-0.1, -0.05) is 20.8 Å². The molecule has 1 aromatic rings. The maximum atomic E-state index is 12.5. The number of sulfonamides is 1. The molecule has 0 saturated heterocycles. The molecule has 1 heterocycles. The van der Waals surface area contributed by atoms with Crippen LogP contribution in [0, 0.1) is 0 Å². The topological polar surface area (TPSA) is 58.2 Å². The lowest BCUT2D eigenvalue weighted by atomic mass is 9.98. The molecular weight excluding hydrogens is 292 g/mol. The number of hydrogen-bond donors (Lipinski definition) is 2. The Morgan fingerprint density at radius 2 is 1.90 bits per heavy atom. The highest BCUT2D eigenvalue weighted by atomic mass is 32.2. The van der Waals surface area contributed by atoms with Crippen molar-refractivity contribution >= 4 is 21.4 Å². The summed E-state index contributed by atoms with van der Waals surface area (Å²) in [4.78, 5) is 1.29. The summed E-state index contributed by atoms with van der Waals surface area (Å²) in [7, 11) is -3.45. The van der Waals surface area contributed by atoms with E-state index in [1.165, 1.54) is 11.3 Å². The third-order valence-corrected chi connectivity index (χ3v) is 6.42. The van der Waals surface area contributed by atoms with E-state index in [0.717, 1.165) is 30.7 Å². The van der Waals surface area contributed by atoms with Gasteiger partial charge in [0.15, 0.2) is 0 Å². The molecule has 2 N–H and O–H groups in total. The van der Waals surface area contributed by atoms with E-state index in [1.54, 1.807) is 6.07 Å². The summed E-state index contributed by atoms with van der Waals surface area (Å²) in [6.07, 6.45) is 2.59. The zero-order valence-electron chi connectivity index (χ0n) is 12.8. The Kier molecular flexibility index (Phi) is 6.64. The van der Waals surface area contributed by atoms with Crippen LogP contribution >= 0.6 is 11.3 Å². The fraction of sp³-hybridized carbons (Fsp3) is 0.714. The minimum absolute atomic E-state index is 0.380. The second-order valence-electron chi connectivity index (χ2n) is 5.26. The van der Waals surface area contributed by atoms with Crippen molar-refractivity contribution in [3.8, 4) is 0 Å². The lowest BCUT2D eigenvalue weighted by molar-refractivity contribution is 0.388. The van der Waals surface area contributed by atoms with Crippen LogP contribution in [0.25, 0.3) is 0 Å². The molecule has 0 radical (unpaired) electrons. The van der Waals surface area contributed by atoms with Gasteiger partial charge in [0.1, 0.15) is 0 Å². The van der Waals surface area contributed by atoms with E-state index < -0.39 is 10.0 Å². The summed E-state index contributed by atoms with van der Waals surface area (Å²) < 4.78 is 27.9. The van der Waals surface area contributed by atoms with Crippen LogP contribution in [0.1, 0.15) is 51.8 Å². The second kappa shape index (κ2) is 7.54. The third kappa shape index (κ3) is 4.55. The van der Waals surface area contributed by atoms with Crippen LogP contribution in [0.3, 0.4) is 0 Å². The smallest absolute Gasteiger partial charge is 0.242 e. The fourth-order valence-corrected chi connectivity index (χ4v) is 4.81. The molecule has 116 valence electrons. The molecule has 6 heteroatoms. The van der Waals surface area contributed by atoms with Gasteiger partial charge in [0.05, 0.1) is 4.90 Å². The van der Waals surface area contributed by atoms with E-state index in [9.17, 15) is 8.42 Å². The number of nitrogens with one attached hydrogen (secondary N) is 2. The lowest BCUT2D eigenvalue weighted by Gasteiger charge is -2.27. The molecule has 0 spiro atoms. The first-order chi connectivity index (χ1) is 9.38. The summed E-state index contributed by atoms with van der Waals surface area (Å²) in [5, 5.41) is 5.10. The van der Waals surface area contributed by atoms with Crippen molar-refractivity contribution in [3.05, 3.63) is 16.3 Å². The molecule has 0 aliphatic carbocycles. The van der Waals surface area contributed by atoms with Gasteiger partial charge in [-0.3, -0.25) is 0 Å². The SMILES string of the molecule is CCCNCc1sccc1S(=O)(=O)NC(C)(CC)CC. The predicted octanol–water partition coefficient (Wildman–Crippen LogP) is 3.10. The Morgan fingerprint density at radius 1 is 1.25 bits per heavy atom. The molecule has 0 aliphatic heterocycles. The second-order valence-corrected chi connectivity index (χ2v) is 7.91. The Labute approximate surface area is 127 Å². The van der Waals surface area contributed by atoms with Crippen molar-refractivity contribution in [2.45, 2.75) is 63.9 Å². The van der Waals surface area contributed by atoms with Gasteiger partial charge in [-0.25, -0.2) is 13.1 Å². The van der Waals surface area contributed by atoms with Crippen molar-refractivity contribution in [1.82, 2.24) is 10.0 Å². The van der Waals surface area contributed by atoms with Gasteiger partial charge >= 0.3 is 0 Å². The summed E-state index contributed by atoms with van der Waals surface area (Å²) in [6, 6.07) is 1.70. The van der Waals surface area contributed by atoms with E-state index in [1.807, 2.05) is 26.2 Å². The van der Waals surface area contributed by atoms with Gasteiger partial charge in [0.2, 0.25) is 10.0 Å². The molecule has 1 aromatic heterocycles. The van der Waals surface area contributed by atoms with Crippen LogP contribution in [-0.2, 0) is 16.6 Å². The Morgan fingerprint density at radius 3 is 2.45 bits per heavy atom. The summed E-state index contributed by atoms with van der Waals surface area (Å²) in [5.41, 5.74) is -0.380. The van der Waals surface area contributed by atoms with Crippen LogP contribution in [0.2, 0.25) is 0 Å². The fourth-order valence-electron chi connectivity index (χ4n) is 1.85. The minimum atomic E-state index is -3.45. The maximum Gasteiger partial charge on any atom is 0.242 e. The standard InChI is InChI=1S/C14H26N2O2S2/c1-5-9-15-11-12-13(8-10-19-12)20(17,18)16-14(4,6-2)7-3/h8,10,15-16H,5-7,9,11H2,1-4H3. The normalized spacial score (nSPS) is 12.8. The minimum Gasteiger partial charge on any atom is -0.312 e. The molecule has 0 aliphatic rings. The first-order valence-corrected chi connectivity index (χ1v) is 9.56. The van der Waals surface area contributed by atoms with Gasteiger partial charge in [0, 0.05) is 17.0 Å². The number of thiophene rings is 1. The van der Waals surface area contributed by atoms with Crippen molar-refractivity contribution in [1.29, 1.82) is 0 Å². The zero-order valence-corrected chi connectivity index (χ0v) is 14.5. The van der Waals surface area contributed by atoms with Crippen molar-refractivity contribution in [3.63, 3.8) is 0 Å². The van der Waals surface area contributed by atoms with Gasteiger partial charge in [-0.2, -0.15) is 0 Å². The summed E-state index contributed by atoms with van der Waals surface area (Å²) in [5.74, 6) is 0. The highest BCUT2D eigenvalue weighted by Crippen LogP contribution is 2.25. The van der Waals surface area contributed by atoms with Crippen LogP contribution < -0.4 is 10.0 Å². The van der Waals surface area contributed by atoms with Crippen molar-refractivity contribution < 1.29 is 8.42 Å². The van der Waals surface area contributed by atoms with Gasteiger partial charge < -0.3 is 5.32 Å². The number of rotatable bonds is 9. The molecule has 1 rings (SSSR count). The predicted molar refractivity (Wildman–Crippen MR) is 85.6 cm³/mol. The van der Waals surface area contributed by atoms with Gasteiger partial charge in [0.25, 0.3) is 0 Å². The van der Waals surface area contributed by atoms with Crippen LogP contribution in [0.4, 0.5) is 0 Å². The molecule has 0 fully saturated rings. The average Bonchev–Trinajstić information content (AvgIpc) is 2.88. The van der Waals surface area contributed by atoms with E-state index in [-0.39, 0.29) is 5.54 Å². The molecule has 20 heavy (non-hydrogen) atoms. The molecule has 0 aromatic carbocycles. The summed E-state index contributed by atoms with van der Waals surface area (Å²) in [6.45, 7) is 9.55. The van der Waals surface area contributed by atoms with Crippen LogP contribution in [0.5, 0.6) is 0 Å². The highest BCUT2D eigenvalue weighted by Gasteiger charge is 2.29. The largest absolute Gasteiger partial charge is 0.312 e. The van der Waals surface area contributed by atoms with Crippen molar-refractivity contribution in [2.75, 3.05) is 6.54 Å². The Hall–Kier alpha value is -0.430. The molecule has 4 nitrogen and oxygen atoms in total. The van der Waals surface area contributed by atoms with E-state index in [4.69, 9.17) is 0 Å². The zero-order chi connectivity index (χ0) is 15.2. The van der Waals surface area contributed by atoms with Crippen LogP contribution in [0.15, 0.2) is 16.3 Å². The quantitative estimate of drug-likeness (QED) is 0.688. The van der Waals surface area contributed by atoms with E-state index in [0.29, 0.717) is 11.4 Å². The van der Waals surface area contributed by atoms with Gasteiger partial charge in [-0.15, -0.1) is 11.3 Å². The lowest BCUT2D eigenvalue weighted by Crippen LogP contribution is -2.44. The monoisotopic (exact) mass is 318 g/mol. The average molecular weight is 319 g/mol. The Balaban J connectivity index is 2.90. The van der Waals surface area contributed by atoms with Crippen molar-refractivity contribution in [2.24, 2.45) is 0 Å². The summed E-state index contributed by atoms with van der Waals surface area (Å²) >= 11 is 1.49. The first kappa shape index (κ1) is 17.6. The van der Waals surface area contributed by atoms with E-state index in [2.05, 4.69) is 17.0 Å². The molecule has 0 unspecified atom stereocenters. The first-order valence-electron chi connectivity index (χ1n) is 7.19. The third-order valence-electron chi connectivity index (χ3n) is 3.65. The molecule has 0 bridgehead atoms. The van der Waals surface area contributed by atoms with E-state index >= 15 is 0 Å². The number of hydrogen-bond acceptors (Lipinski definition) is 4. The Bertz CT molecular complexity index is 505. The molecule has 0 atom stereocenters.